The topological polar surface area (TPSA) is 42.0 Å². The highest BCUT2D eigenvalue weighted by Gasteiger charge is 2.06. The second-order valence-corrected chi connectivity index (χ2v) is 4.58. The van der Waals surface area contributed by atoms with Crippen LogP contribution in [-0.4, -0.2) is 11.3 Å². The summed E-state index contributed by atoms with van der Waals surface area (Å²) in [4.78, 5) is 14.7. The zero-order valence-electron chi connectivity index (χ0n) is 8.65. The van der Waals surface area contributed by atoms with E-state index in [2.05, 4.69) is 10.3 Å². The van der Waals surface area contributed by atoms with Crippen LogP contribution in [0.1, 0.15) is 10.4 Å². The Labute approximate surface area is 111 Å². The van der Waals surface area contributed by atoms with E-state index in [0.717, 1.165) is 3.57 Å². The molecule has 1 aromatic heterocycles. The third-order valence-corrected chi connectivity index (χ3v) is 2.85. The van der Waals surface area contributed by atoms with Crippen LogP contribution in [0.2, 0.25) is 0 Å². The molecule has 3 nitrogen and oxygen atoms in total. The molecule has 0 saturated carbocycles. The van der Waals surface area contributed by atoms with E-state index in [0.29, 0.717) is 23.2 Å². The van der Waals surface area contributed by atoms with E-state index in [9.17, 15) is 9.18 Å². The number of rotatable bonds is 3. The van der Waals surface area contributed by atoms with Gasteiger partial charge in [0.1, 0.15) is 5.82 Å². The minimum absolute atomic E-state index is 0.321. The standard InChI is InChI=1S/C12H8FIN2O/c13-10-5-9(14)1-2-11(10)16-12-6-15-4-3-8(12)7-17/h1-7,16H. The van der Waals surface area contributed by atoms with Crippen molar-refractivity contribution >= 4 is 40.3 Å². The van der Waals surface area contributed by atoms with Gasteiger partial charge in [0.05, 0.1) is 17.6 Å². The summed E-state index contributed by atoms with van der Waals surface area (Å²) in [6.45, 7) is 0. The van der Waals surface area contributed by atoms with Crippen molar-refractivity contribution in [2.24, 2.45) is 0 Å². The monoisotopic (exact) mass is 342 g/mol. The molecule has 0 amide bonds. The summed E-state index contributed by atoms with van der Waals surface area (Å²) in [5.41, 5.74) is 1.25. The molecule has 0 bridgehead atoms. The summed E-state index contributed by atoms with van der Waals surface area (Å²) >= 11 is 2.03. The van der Waals surface area contributed by atoms with Crippen LogP contribution in [0, 0.1) is 9.39 Å². The van der Waals surface area contributed by atoms with Crippen molar-refractivity contribution < 1.29 is 9.18 Å². The van der Waals surface area contributed by atoms with E-state index >= 15 is 0 Å². The Morgan fingerprint density at radius 1 is 1.29 bits per heavy atom. The first-order chi connectivity index (χ1) is 8.20. The van der Waals surface area contributed by atoms with Crippen LogP contribution in [-0.2, 0) is 0 Å². The number of carbonyl (C=O) groups excluding carboxylic acids is 1. The summed E-state index contributed by atoms with van der Waals surface area (Å²) in [5.74, 6) is -0.363. The quantitative estimate of drug-likeness (QED) is 0.687. The molecule has 1 N–H and O–H groups in total. The molecule has 86 valence electrons. The molecular formula is C12H8FIN2O. The molecule has 0 unspecified atom stereocenters. The van der Waals surface area contributed by atoms with Gasteiger partial charge in [-0.25, -0.2) is 4.39 Å². The van der Waals surface area contributed by atoms with Gasteiger partial charge in [-0.3, -0.25) is 9.78 Å². The van der Waals surface area contributed by atoms with Gasteiger partial charge in [0, 0.05) is 15.3 Å². The first kappa shape index (κ1) is 12.0. The highest BCUT2D eigenvalue weighted by Crippen LogP contribution is 2.22. The lowest BCUT2D eigenvalue weighted by Crippen LogP contribution is -1.98. The molecule has 0 aliphatic rings. The fourth-order valence-electron chi connectivity index (χ4n) is 1.35. The number of carbonyl (C=O) groups is 1. The van der Waals surface area contributed by atoms with Crippen molar-refractivity contribution in [3.63, 3.8) is 0 Å². The first-order valence-electron chi connectivity index (χ1n) is 4.82. The predicted octanol–water partition coefficient (Wildman–Crippen LogP) is 3.38. The van der Waals surface area contributed by atoms with Gasteiger partial charge in [0.25, 0.3) is 0 Å². The van der Waals surface area contributed by atoms with Crippen LogP contribution < -0.4 is 5.32 Å². The van der Waals surface area contributed by atoms with Gasteiger partial charge in [-0.1, -0.05) is 0 Å². The Hall–Kier alpha value is -1.50. The fraction of sp³-hybridized carbons (Fsp3) is 0. The summed E-state index contributed by atoms with van der Waals surface area (Å²) in [6.07, 6.45) is 3.70. The van der Waals surface area contributed by atoms with Crippen molar-refractivity contribution in [1.82, 2.24) is 4.98 Å². The molecule has 0 aliphatic heterocycles. The smallest absolute Gasteiger partial charge is 0.152 e. The van der Waals surface area contributed by atoms with Crippen LogP contribution in [0.3, 0.4) is 0 Å². The number of anilines is 2. The van der Waals surface area contributed by atoms with E-state index in [-0.39, 0.29) is 5.82 Å². The summed E-state index contributed by atoms with van der Waals surface area (Å²) in [5, 5.41) is 2.85. The maximum Gasteiger partial charge on any atom is 0.152 e. The van der Waals surface area contributed by atoms with Crippen molar-refractivity contribution in [3.05, 3.63) is 51.6 Å². The Balaban J connectivity index is 2.34. The molecule has 0 fully saturated rings. The summed E-state index contributed by atoms with van der Waals surface area (Å²) < 4.78 is 14.4. The lowest BCUT2D eigenvalue weighted by atomic mass is 10.2. The van der Waals surface area contributed by atoms with Gasteiger partial charge >= 0.3 is 0 Å². The number of benzene rings is 1. The molecule has 5 heteroatoms. The van der Waals surface area contributed by atoms with Crippen molar-refractivity contribution in [3.8, 4) is 0 Å². The van der Waals surface area contributed by atoms with Gasteiger partial charge in [0.15, 0.2) is 6.29 Å². The van der Waals surface area contributed by atoms with Crippen LogP contribution in [0.15, 0.2) is 36.7 Å². The van der Waals surface area contributed by atoms with E-state index in [4.69, 9.17) is 0 Å². The highest BCUT2D eigenvalue weighted by atomic mass is 127. The minimum Gasteiger partial charge on any atom is -0.351 e. The zero-order chi connectivity index (χ0) is 12.3. The van der Waals surface area contributed by atoms with E-state index in [1.807, 2.05) is 22.6 Å². The number of aromatic nitrogens is 1. The molecule has 2 aromatic rings. The van der Waals surface area contributed by atoms with E-state index in [1.165, 1.54) is 18.5 Å². The largest absolute Gasteiger partial charge is 0.351 e. The van der Waals surface area contributed by atoms with Crippen LogP contribution >= 0.6 is 22.6 Å². The third kappa shape index (κ3) is 2.79. The highest BCUT2D eigenvalue weighted by molar-refractivity contribution is 14.1. The maximum absolute atomic E-state index is 13.6. The summed E-state index contributed by atoms with van der Waals surface area (Å²) in [7, 11) is 0. The van der Waals surface area contributed by atoms with E-state index in [1.54, 1.807) is 18.2 Å². The molecule has 0 atom stereocenters. The molecule has 0 aliphatic carbocycles. The van der Waals surface area contributed by atoms with Crippen LogP contribution in [0.4, 0.5) is 15.8 Å². The number of pyridine rings is 1. The third-order valence-electron chi connectivity index (χ3n) is 2.18. The van der Waals surface area contributed by atoms with E-state index < -0.39 is 0 Å². The minimum atomic E-state index is -0.363. The molecule has 0 radical (unpaired) electrons. The molecule has 1 aromatic carbocycles. The lowest BCUT2D eigenvalue weighted by molar-refractivity contribution is 0.112. The second-order valence-electron chi connectivity index (χ2n) is 3.33. The number of hydrogen-bond acceptors (Lipinski definition) is 3. The molecule has 1 heterocycles. The number of nitrogens with zero attached hydrogens (tertiary/aromatic N) is 1. The molecule has 0 saturated heterocycles. The lowest BCUT2D eigenvalue weighted by Gasteiger charge is -2.09. The zero-order valence-corrected chi connectivity index (χ0v) is 10.8. The molecule has 0 spiro atoms. The van der Waals surface area contributed by atoms with Crippen LogP contribution in [0.25, 0.3) is 0 Å². The number of nitrogens with one attached hydrogen (secondary N) is 1. The fourth-order valence-corrected chi connectivity index (χ4v) is 1.80. The first-order valence-corrected chi connectivity index (χ1v) is 5.90. The van der Waals surface area contributed by atoms with Crippen molar-refractivity contribution in [1.29, 1.82) is 0 Å². The molecular weight excluding hydrogens is 334 g/mol. The number of halogens is 2. The molecule has 2 rings (SSSR count). The number of hydrogen-bond donors (Lipinski definition) is 1. The predicted molar refractivity (Wildman–Crippen MR) is 72.0 cm³/mol. The van der Waals surface area contributed by atoms with Crippen molar-refractivity contribution in [2.75, 3.05) is 5.32 Å². The molecule has 17 heavy (non-hydrogen) atoms. The van der Waals surface area contributed by atoms with Gasteiger partial charge in [-0.2, -0.15) is 0 Å². The van der Waals surface area contributed by atoms with Crippen molar-refractivity contribution in [2.45, 2.75) is 0 Å². The maximum atomic E-state index is 13.6. The Bertz CT molecular complexity index is 560. The Morgan fingerprint density at radius 2 is 2.12 bits per heavy atom. The average Bonchev–Trinajstić information content (AvgIpc) is 2.33. The van der Waals surface area contributed by atoms with Gasteiger partial charge in [0.2, 0.25) is 0 Å². The summed E-state index contributed by atoms with van der Waals surface area (Å²) in [6, 6.07) is 6.39. The number of aldehydes is 1. The normalized spacial score (nSPS) is 10.0. The average molecular weight is 342 g/mol. The Kier molecular flexibility index (Phi) is 3.68. The second kappa shape index (κ2) is 5.22. The SMILES string of the molecule is O=Cc1ccncc1Nc1ccc(I)cc1F. The van der Waals surface area contributed by atoms with Gasteiger partial charge in [-0.15, -0.1) is 0 Å². The van der Waals surface area contributed by atoms with Gasteiger partial charge in [-0.05, 0) is 46.9 Å². The van der Waals surface area contributed by atoms with Gasteiger partial charge < -0.3 is 5.32 Å². The Morgan fingerprint density at radius 3 is 2.82 bits per heavy atom. The van der Waals surface area contributed by atoms with Crippen LogP contribution in [0.5, 0.6) is 0 Å².